The number of imidazole rings is 1. The van der Waals surface area contributed by atoms with Crippen molar-refractivity contribution >= 4 is 27.9 Å². The largest absolute Gasteiger partial charge is 0.362 e. The van der Waals surface area contributed by atoms with Crippen LogP contribution in [0.3, 0.4) is 0 Å². The highest BCUT2D eigenvalue weighted by molar-refractivity contribution is 5.89. The third-order valence-corrected chi connectivity index (χ3v) is 5.28. The topological polar surface area (TPSA) is 116 Å². The van der Waals surface area contributed by atoms with Gasteiger partial charge in [0.05, 0.1) is 34.8 Å². The lowest BCUT2D eigenvalue weighted by Crippen LogP contribution is -2.11. The van der Waals surface area contributed by atoms with Crippen molar-refractivity contribution in [2.75, 3.05) is 5.32 Å². The number of nitrogens with zero attached hydrogens (tertiary/aromatic N) is 6. The van der Waals surface area contributed by atoms with Gasteiger partial charge < -0.3 is 10.3 Å². The number of anilines is 1. The average molecular weight is 406 g/mol. The molecule has 0 saturated carbocycles. The van der Waals surface area contributed by atoms with Crippen molar-refractivity contribution in [3.63, 3.8) is 0 Å². The molecule has 1 aromatic carbocycles. The van der Waals surface area contributed by atoms with Gasteiger partial charge in [-0.1, -0.05) is 18.2 Å². The highest BCUT2D eigenvalue weighted by atomic mass is 15.1. The molecule has 8 nitrogen and oxygen atoms in total. The molecule has 31 heavy (non-hydrogen) atoms. The van der Waals surface area contributed by atoms with E-state index >= 15 is 0 Å². The van der Waals surface area contributed by atoms with E-state index in [1.807, 2.05) is 44.2 Å². The molecule has 0 aliphatic carbocycles. The van der Waals surface area contributed by atoms with Gasteiger partial charge in [-0.25, -0.2) is 19.9 Å². The predicted octanol–water partition coefficient (Wildman–Crippen LogP) is 4.32. The molecule has 1 atom stereocenters. The number of aromatic nitrogens is 6. The zero-order valence-corrected chi connectivity index (χ0v) is 17.0. The number of benzene rings is 1. The first-order chi connectivity index (χ1) is 15.2. The van der Waals surface area contributed by atoms with Gasteiger partial charge in [-0.15, -0.1) is 0 Å². The van der Waals surface area contributed by atoms with Crippen molar-refractivity contribution in [2.24, 2.45) is 0 Å². The minimum Gasteiger partial charge on any atom is -0.362 e. The van der Waals surface area contributed by atoms with E-state index in [9.17, 15) is 5.26 Å². The molecule has 8 heteroatoms. The van der Waals surface area contributed by atoms with Crippen LogP contribution in [-0.2, 0) is 0 Å². The third-order valence-electron chi connectivity index (χ3n) is 5.28. The number of pyridine rings is 2. The summed E-state index contributed by atoms with van der Waals surface area (Å²) in [6.45, 7) is 3.96. The molecule has 0 spiro atoms. The molecule has 5 rings (SSSR count). The first-order valence-corrected chi connectivity index (χ1v) is 9.82. The fraction of sp³-hybridized carbons (Fsp3) is 0.130. The highest BCUT2D eigenvalue weighted by Crippen LogP contribution is 2.32. The number of H-pyrrole nitrogens is 1. The average Bonchev–Trinajstić information content (AvgIpc) is 3.29. The van der Waals surface area contributed by atoms with E-state index in [4.69, 9.17) is 4.98 Å². The van der Waals surface area contributed by atoms with Crippen LogP contribution in [0, 0.1) is 18.3 Å². The Hall–Kier alpha value is -4.38. The number of fused-ring (bicyclic) bond motifs is 2. The Bertz CT molecular complexity index is 1450. The first kappa shape index (κ1) is 18.6. The summed E-state index contributed by atoms with van der Waals surface area (Å²) in [6.07, 6.45) is 4.83. The van der Waals surface area contributed by atoms with E-state index < -0.39 is 0 Å². The van der Waals surface area contributed by atoms with Crippen LogP contribution in [0.2, 0.25) is 0 Å². The molecule has 0 amide bonds. The summed E-state index contributed by atoms with van der Waals surface area (Å²) in [6, 6.07) is 13.9. The van der Waals surface area contributed by atoms with Crippen LogP contribution >= 0.6 is 0 Å². The quantitative estimate of drug-likeness (QED) is 0.457. The van der Waals surface area contributed by atoms with Gasteiger partial charge in [0.2, 0.25) is 0 Å². The normalized spacial score (nSPS) is 12.0. The lowest BCUT2D eigenvalue weighted by molar-refractivity contribution is 0.872. The zero-order chi connectivity index (χ0) is 21.4. The second-order valence-electron chi connectivity index (χ2n) is 7.27. The van der Waals surface area contributed by atoms with Crippen LogP contribution in [0.25, 0.3) is 33.5 Å². The van der Waals surface area contributed by atoms with Crippen LogP contribution < -0.4 is 5.32 Å². The molecule has 0 aliphatic rings. The number of nitriles is 1. The predicted molar refractivity (Wildman–Crippen MR) is 118 cm³/mol. The third kappa shape index (κ3) is 3.22. The molecule has 0 saturated heterocycles. The summed E-state index contributed by atoms with van der Waals surface area (Å²) >= 11 is 0. The lowest BCUT2D eigenvalue weighted by Gasteiger charge is -2.19. The number of aryl methyl sites for hydroxylation is 1. The second kappa shape index (κ2) is 7.46. The van der Waals surface area contributed by atoms with Gasteiger partial charge in [0.15, 0.2) is 11.5 Å². The zero-order valence-electron chi connectivity index (χ0n) is 17.0. The summed E-state index contributed by atoms with van der Waals surface area (Å²) in [4.78, 5) is 25.3. The Morgan fingerprint density at radius 2 is 1.97 bits per heavy atom. The molecule has 4 aromatic heterocycles. The van der Waals surface area contributed by atoms with E-state index in [-0.39, 0.29) is 6.04 Å². The smallest absolute Gasteiger partial charge is 0.162 e. The number of nitrogens with one attached hydrogen (secondary N) is 2. The number of hydrogen-bond donors (Lipinski definition) is 2. The van der Waals surface area contributed by atoms with Crippen LogP contribution in [0.5, 0.6) is 0 Å². The molecular weight excluding hydrogens is 388 g/mol. The minimum atomic E-state index is -0.157. The van der Waals surface area contributed by atoms with Crippen molar-refractivity contribution < 1.29 is 0 Å². The highest BCUT2D eigenvalue weighted by Gasteiger charge is 2.19. The lowest BCUT2D eigenvalue weighted by atomic mass is 9.98. The molecule has 150 valence electrons. The van der Waals surface area contributed by atoms with Crippen LogP contribution in [0.4, 0.5) is 5.82 Å². The van der Waals surface area contributed by atoms with Gasteiger partial charge in [-0.05, 0) is 37.6 Å². The van der Waals surface area contributed by atoms with Gasteiger partial charge in [-0.3, -0.25) is 4.98 Å². The summed E-state index contributed by atoms with van der Waals surface area (Å²) in [5, 5.41) is 14.0. The maximum atomic E-state index is 9.69. The van der Waals surface area contributed by atoms with E-state index in [0.29, 0.717) is 28.1 Å². The number of rotatable bonds is 4. The molecule has 0 unspecified atom stereocenters. The molecule has 0 bridgehead atoms. The van der Waals surface area contributed by atoms with Gasteiger partial charge in [-0.2, -0.15) is 5.26 Å². The first-order valence-electron chi connectivity index (χ1n) is 9.82. The molecular formula is C23H18N8. The van der Waals surface area contributed by atoms with Crippen molar-refractivity contribution in [3.05, 3.63) is 71.9 Å². The molecule has 5 aromatic rings. The maximum Gasteiger partial charge on any atom is 0.162 e. The number of hydrogen-bond acceptors (Lipinski definition) is 7. The molecule has 0 fully saturated rings. The Kier molecular flexibility index (Phi) is 4.49. The summed E-state index contributed by atoms with van der Waals surface area (Å²) in [7, 11) is 0. The van der Waals surface area contributed by atoms with Gasteiger partial charge >= 0.3 is 0 Å². The van der Waals surface area contributed by atoms with Gasteiger partial charge in [0, 0.05) is 17.1 Å². The van der Waals surface area contributed by atoms with E-state index in [0.717, 1.165) is 27.9 Å². The molecule has 2 N–H and O–H groups in total. The van der Waals surface area contributed by atoms with Crippen molar-refractivity contribution in [2.45, 2.75) is 19.9 Å². The fourth-order valence-corrected chi connectivity index (χ4v) is 3.69. The van der Waals surface area contributed by atoms with Crippen LogP contribution in [-0.4, -0.2) is 29.9 Å². The summed E-state index contributed by atoms with van der Waals surface area (Å²) in [5.41, 5.74) is 5.90. The monoisotopic (exact) mass is 406 g/mol. The second-order valence-corrected chi connectivity index (χ2v) is 7.27. The standard InChI is InChI=1S/C23H18N8/c1-13-6-7-15-9-16(14(2)30-23-21-22(27-11-26-21)28-12-29-23)20(18-5-3-4-8-25-18)31-19(15)17(13)10-24/h3-9,11-12,14H,1-2H3,(H2,26,27,28,29,30)/t14-/m0/s1. The SMILES string of the molecule is Cc1ccc2cc([C@H](C)Nc3ncnc4[nH]cnc34)c(-c3ccccn3)nc2c1C#N. The molecule has 0 aliphatic heterocycles. The maximum absolute atomic E-state index is 9.69. The van der Waals surface area contributed by atoms with Crippen LogP contribution in [0.15, 0.2) is 55.2 Å². The Labute approximate surface area is 178 Å². The van der Waals surface area contributed by atoms with Crippen LogP contribution in [0.1, 0.15) is 29.7 Å². The summed E-state index contributed by atoms with van der Waals surface area (Å²) < 4.78 is 0. The van der Waals surface area contributed by atoms with Crippen molar-refractivity contribution in [1.82, 2.24) is 29.9 Å². The fourth-order valence-electron chi connectivity index (χ4n) is 3.69. The Morgan fingerprint density at radius 1 is 1.06 bits per heavy atom. The van der Waals surface area contributed by atoms with Crippen molar-refractivity contribution in [1.29, 1.82) is 5.26 Å². The Balaban J connectivity index is 1.69. The minimum absolute atomic E-state index is 0.157. The Morgan fingerprint density at radius 3 is 2.77 bits per heavy atom. The van der Waals surface area contributed by atoms with Crippen molar-refractivity contribution in [3.8, 4) is 17.5 Å². The molecule has 4 heterocycles. The number of aromatic amines is 1. The van der Waals surface area contributed by atoms with E-state index in [2.05, 4.69) is 42.4 Å². The van der Waals surface area contributed by atoms with E-state index in [1.165, 1.54) is 6.33 Å². The summed E-state index contributed by atoms with van der Waals surface area (Å²) in [5.74, 6) is 0.632. The van der Waals surface area contributed by atoms with Gasteiger partial charge in [0.25, 0.3) is 0 Å². The molecule has 0 radical (unpaired) electrons. The van der Waals surface area contributed by atoms with E-state index in [1.54, 1.807) is 12.5 Å². The van der Waals surface area contributed by atoms with Gasteiger partial charge in [0.1, 0.15) is 17.9 Å².